The van der Waals surface area contributed by atoms with Crippen molar-refractivity contribution in [3.63, 3.8) is 0 Å². The third kappa shape index (κ3) is 3.67. The summed E-state index contributed by atoms with van der Waals surface area (Å²) in [6.07, 6.45) is 5.64. The number of hydrogen-bond donors (Lipinski definition) is 1. The highest BCUT2D eigenvalue weighted by molar-refractivity contribution is 5.36. The van der Waals surface area contributed by atoms with Crippen molar-refractivity contribution in [1.29, 1.82) is 0 Å². The molecule has 20 heavy (non-hydrogen) atoms. The summed E-state index contributed by atoms with van der Waals surface area (Å²) >= 11 is 0. The van der Waals surface area contributed by atoms with Crippen LogP contribution in [0.4, 0.5) is 5.82 Å². The van der Waals surface area contributed by atoms with Gasteiger partial charge in [0.25, 0.3) is 0 Å². The molecule has 0 aliphatic carbocycles. The van der Waals surface area contributed by atoms with E-state index >= 15 is 0 Å². The van der Waals surface area contributed by atoms with Gasteiger partial charge in [-0.2, -0.15) is 5.10 Å². The number of hydrogen-bond acceptors (Lipinski definition) is 5. The maximum absolute atomic E-state index is 4.23. The number of rotatable bonds is 3. The molecule has 2 fully saturated rings. The smallest absolute Gasteiger partial charge is 0.151 e. The Morgan fingerprint density at radius 1 is 1.15 bits per heavy atom. The maximum atomic E-state index is 4.23. The Bertz CT molecular complexity index is 391. The van der Waals surface area contributed by atoms with Gasteiger partial charge < -0.3 is 15.1 Å². The first kappa shape index (κ1) is 13.8. The number of piperidine rings is 1. The first-order valence-electron chi connectivity index (χ1n) is 7.87. The molecule has 2 aliphatic heterocycles. The summed E-state index contributed by atoms with van der Waals surface area (Å²) in [5.74, 6) is 1.91. The first-order valence-corrected chi connectivity index (χ1v) is 7.87. The third-order valence-electron chi connectivity index (χ3n) is 4.45. The predicted octanol–water partition coefficient (Wildman–Crippen LogP) is 0.988. The van der Waals surface area contributed by atoms with Crippen molar-refractivity contribution in [3.05, 3.63) is 18.3 Å². The lowest BCUT2D eigenvalue weighted by molar-refractivity contribution is 0.216. The highest BCUT2D eigenvalue weighted by Gasteiger charge is 2.20. The lowest BCUT2D eigenvalue weighted by atomic mass is 9.97. The van der Waals surface area contributed by atoms with Crippen LogP contribution in [-0.2, 0) is 0 Å². The quantitative estimate of drug-likeness (QED) is 0.891. The minimum absolute atomic E-state index is 0.888. The second kappa shape index (κ2) is 6.99. The fourth-order valence-corrected chi connectivity index (χ4v) is 3.27. The zero-order valence-electron chi connectivity index (χ0n) is 12.2. The molecule has 5 nitrogen and oxygen atoms in total. The molecule has 1 aromatic rings. The first-order chi connectivity index (χ1) is 9.92. The number of aromatic nitrogens is 2. The fraction of sp³-hybridized carbons (Fsp3) is 0.733. The summed E-state index contributed by atoms with van der Waals surface area (Å²) < 4.78 is 0. The molecule has 0 unspecified atom stereocenters. The van der Waals surface area contributed by atoms with Crippen LogP contribution in [-0.4, -0.2) is 60.9 Å². The molecule has 0 amide bonds. The maximum Gasteiger partial charge on any atom is 0.151 e. The van der Waals surface area contributed by atoms with Crippen molar-refractivity contribution in [2.24, 2.45) is 5.92 Å². The van der Waals surface area contributed by atoms with Gasteiger partial charge in [0.1, 0.15) is 0 Å². The molecule has 0 radical (unpaired) electrons. The molecule has 0 atom stereocenters. The van der Waals surface area contributed by atoms with E-state index in [4.69, 9.17) is 0 Å². The lowest BCUT2D eigenvalue weighted by Crippen LogP contribution is -2.38. The largest absolute Gasteiger partial charge is 0.354 e. The summed E-state index contributed by atoms with van der Waals surface area (Å²) in [5, 5.41) is 11.7. The molecule has 2 saturated heterocycles. The lowest BCUT2D eigenvalue weighted by Gasteiger charge is -2.29. The molecule has 0 aromatic carbocycles. The Morgan fingerprint density at radius 2 is 2.05 bits per heavy atom. The van der Waals surface area contributed by atoms with Crippen molar-refractivity contribution in [1.82, 2.24) is 20.4 Å². The summed E-state index contributed by atoms with van der Waals surface area (Å²) in [7, 11) is 0. The molecule has 2 aliphatic rings. The van der Waals surface area contributed by atoms with Gasteiger partial charge in [0.2, 0.25) is 0 Å². The van der Waals surface area contributed by atoms with Crippen LogP contribution in [0.15, 0.2) is 18.3 Å². The van der Waals surface area contributed by atoms with Crippen molar-refractivity contribution in [3.8, 4) is 0 Å². The van der Waals surface area contributed by atoms with E-state index in [1.165, 1.54) is 45.4 Å². The van der Waals surface area contributed by atoms with Gasteiger partial charge in [-0.1, -0.05) is 0 Å². The van der Waals surface area contributed by atoms with Crippen LogP contribution in [0, 0.1) is 5.92 Å². The average Bonchev–Trinajstić information content (AvgIpc) is 2.75. The molecular weight excluding hydrogens is 250 g/mol. The minimum atomic E-state index is 0.888. The average molecular weight is 275 g/mol. The van der Waals surface area contributed by atoms with Crippen LogP contribution in [0.3, 0.4) is 0 Å². The number of nitrogens with zero attached hydrogens (tertiary/aromatic N) is 4. The van der Waals surface area contributed by atoms with Gasteiger partial charge in [-0.15, -0.1) is 5.10 Å². The highest BCUT2D eigenvalue weighted by atomic mass is 15.3. The molecular formula is C15H25N5. The van der Waals surface area contributed by atoms with Crippen LogP contribution >= 0.6 is 0 Å². The van der Waals surface area contributed by atoms with Gasteiger partial charge in [-0.05, 0) is 56.9 Å². The van der Waals surface area contributed by atoms with Crippen LogP contribution in [0.5, 0.6) is 0 Å². The van der Waals surface area contributed by atoms with E-state index in [1.807, 2.05) is 6.07 Å². The van der Waals surface area contributed by atoms with E-state index in [2.05, 4.69) is 31.4 Å². The molecule has 1 N–H and O–H groups in total. The molecule has 0 bridgehead atoms. The van der Waals surface area contributed by atoms with Gasteiger partial charge in [0, 0.05) is 32.4 Å². The third-order valence-corrected chi connectivity index (χ3v) is 4.45. The van der Waals surface area contributed by atoms with E-state index in [0.717, 1.165) is 31.4 Å². The fourth-order valence-electron chi connectivity index (χ4n) is 3.27. The van der Waals surface area contributed by atoms with Gasteiger partial charge in [0.15, 0.2) is 5.82 Å². The monoisotopic (exact) mass is 275 g/mol. The molecule has 5 heteroatoms. The van der Waals surface area contributed by atoms with Crippen molar-refractivity contribution in [2.45, 2.75) is 19.3 Å². The Balaban J connectivity index is 1.51. The Morgan fingerprint density at radius 3 is 2.85 bits per heavy atom. The summed E-state index contributed by atoms with van der Waals surface area (Å²) in [6.45, 7) is 8.22. The van der Waals surface area contributed by atoms with Gasteiger partial charge in [0.05, 0.1) is 0 Å². The minimum Gasteiger partial charge on any atom is -0.354 e. The van der Waals surface area contributed by atoms with Gasteiger partial charge in [-0.25, -0.2) is 0 Å². The summed E-state index contributed by atoms with van der Waals surface area (Å²) in [6, 6.07) is 4.04. The van der Waals surface area contributed by atoms with Crippen LogP contribution in [0.2, 0.25) is 0 Å². The van der Waals surface area contributed by atoms with Crippen LogP contribution in [0.1, 0.15) is 19.3 Å². The zero-order valence-corrected chi connectivity index (χ0v) is 12.2. The van der Waals surface area contributed by atoms with E-state index in [9.17, 15) is 0 Å². The topological polar surface area (TPSA) is 44.3 Å². The standard InChI is InChI=1S/C15H25N5/c1-3-15(18-17-6-1)20-10-2-9-19(11-12-20)13-14-4-7-16-8-5-14/h1,3,6,14,16H,2,4-5,7-13H2. The predicted molar refractivity (Wildman–Crippen MR) is 80.9 cm³/mol. The van der Waals surface area contributed by atoms with E-state index in [-0.39, 0.29) is 0 Å². The van der Waals surface area contributed by atoms with Crippen LogP contribution < -0.4 is 10.2 Å². The van der Waals surface area contributed by atoms with Crippen molar-refractivity contribution in [2.75, 3.05) is 50.7 Å². The van der Waals surface area contributed by atoms with Gasteiger partial charge >= 0.3 is 0 Å². The highest BCUT2D eigenvalue weighted by Crippen LogP contribution is 2.16. The number of nitrogens with one attached hydrogen (secondary N) is 1. The Labute approximate surface area is 121 Å². The van der Waals surface area contributed by atoms with E-state index in [0.29, 0.717) is 0 Å². The summed E-state index contributed by atoms with van der Waals surface area (Å²) in [5.41, 5.74) is 0. The Hall–Kier alpha value is -1.20. The SMILES string of the molecule is c1cnnc(N2CCCN(CC3CCNCC3)CC2)c1. The summed E-state index contributed by atoms with van der Waals surface area (Å²) in [4.78, 5) is 5.02. The second-order valence-electron chi connectivity index (χ2n) is 5.92. The second-order valence-corrected chi connectivity index (χ2v) is 5.92. The molecule has 110 valence electrons. The molecule has 0 spiro atoms. The van der Waals surface area contributed by atoms with Gasteiger partial charge in [-0.3, -0.25) is 0 Å². The molecule has 1 aromatic heterocycles. The molecule has 3 heterocycles. The normalized spacial score (nSPS) is 22.7. The van der Waals surface area contributed by atoms with Crippen LogP contribution in [0.25, 0.3) is 0 Å². The van der Waals surface area contributed by atoms with Crippen molar-refractivity contribution >= 4 is 5.82 Å². The number of anilines is 1. The molecule has 3 rings (SSSR count). The molecule has 0 saturated carbocycles. The van der Waals surface area contributed by atoms with Crippen molar-refractivity contribution < 1.29 is 0 Å². The Kier molecular flexibility index (Phi) is 4.82. The zero-order chi connectivity index (χ0) is 13.6. The van der Waals surface area contributed by atoms with E-state index < -0.39 is 0 Å². The van der Waals surface area contributed by atoms with E-state index in [1.54, 1.807) is 6.20 Å².